The first kappa shape index (κ1) is 12.1. The summed E-state index contributed by atoms with van der Waals surface area (Å²) in [5.74, 6) is 0.922. The monoisotopic (exact) mass is 248 g/mol. The van der Waals surface area contributed by atoms with Gasteiger partial charge in [-0.25, -0.2) is 14.4 Å². The molecule has 1 heterocycles. The molecule has 0 aliphatic carbocycles. The SMILES string of the molecule is COc1c(N)ncnc1NCc1ccc(F)cc1. The van der Waals surface area contributed by atoms with E-state index in [0.29, 0.717) is 18.1 Å². The molecule has 0 saturated heterocycles. The van der Waals surface area contributed by atoms with E-state index in [0.717, 1.165) is 5.56 Å². The van der Waals surface area contributed by atoms with Crippen LogP contribution in [0.3, 0.4) is 0 Å². The van der Waals surface area contributed by atoms with Crippen LogP contribution in [0.1, 0.15) is 5.56 Å². The van der Waals surface area contributed by atoms with E-state index in [1.54, 1.807) is 12.1 Å². The normalized spacial score (nSPS) is 10.1. The van der Waals surface area contributed by atoms with Crippen molar-refractivity contribution >= 4 is 11.6 Å². The van der Waals surface area contributed by atoms with E-state index in [-0.39, 0.29) is 11.6 Å². The maximum atomic E-state index is 12.7. The molecule has 3 N–H and O–H groups in total. The van der Waals surface area contributed by atoms with E-state index in [1.165, 1.54) is 25.6 Å². The number of methoxy groups -OCH3 is 1. The molecule has 0 unspecified atom stereocenters. The first-order valence-corrected chi connectivity index (χ1v) is 5.33. The second-order valence-corrected chi connectivity index (χ2v) is 3.62. The maximum absolute atomic E-state index is 12.7. The van der Waals surface area contributed by atoms with Crippen molar-refractivity contribution in [1.82, 2.24) is 9.97 Å². The first-order chi connectivity index (χ1) is 8.70. The molecular formula is C12H13FN4O. The van der Waals surface area contributed by atoms with Crippen LogP contribution in [-0.4, -0.2) is 17.1 Å². The van der Waals surface area contributed by atoms with Gasteiger partial charge in [0.1, 0.15) is 12.1 Å². The molecule has 6 heteroatoms. The van der Waals surface area contributed by atoms with Crippen LogP contribution in [0.25, 0.3) is 0 Å². The fourth-order valence-corrected chi connectivity index (χ4v) is 1.50. The number of benzene rings is 1. The molecule has 0 radical (unpaired) electrons. The summed E-state index contributed by atoms with van der Waals surface area (Å²) in [5.41, 5.74) is 6.58. The Morgan fingerprint density at radius 2 is 2.00 bits per heavy atom. The molecule has 0 bridgehead atoms. The summed E-state index contributed by atoms with van der Waals surface area (Å²) in [6.45, 7) is 0.493. The fraction of sp³-hybridized carbons (Fsp3) is 0.167. The summed E-state index contributed by atoms with van der Waals surface area (Å²) in [5, 5.41) is 3.06. The predicted octanol–water partition coefficient (Wildman–Crippen LogP) is 1.82. The summed E-state index contributed by atoms with van der Waals surface area (Å²) in [6.07, 6.45) is 1.35. The zero-order valence-corrected chi connectivity index (χ0v) is 9.85. The number of ether oxygens (including phenoxy) is 1. The zero-order chi connectivity index (χ0) is 13.0. The molecule has 0 amide bonds. The Bertz CT molecular complexity index is 530. The van der Waals surface area contributed by atoms with Gasteiger partial charge in [-0.05, 0) is 17.7 Å². The molecule has 18 heavy (non-hydrogen) atoms. The van der Waals surface area contributed by atoms with Crippen molar-refractivity contribution in [3.8, 4) is 5.75 Å². The van der Waals surface area contributed by atoms with Crippen molar-refractivity contribution in [2.24, 2.45) is 0 Å². The van der Waals surface area contributed by atoms with Gasteiger partial charge in [-0.2, -0.15) is 0 Å². The number of anilines is 2. The van der Waals surface area contributed by atoms with E-state index in [2.05, 4.69) is 15.3 Å². The maximum Gasteiger partial charge on any atom is 0.203 e. The lowest BCUT2D eigenvalue weighted by atomic mass is 10.2. The summed E-state index contributed by atoms with van der Waals surface area (Å²) < 4.78 is 17.9. The third-order valence-electron chi connectivity index (χ3n) is 2.41. The van der Waals surface area contributed by atoms with Gasteiger partial charge >= 0.3 is 0 Å². The van der Waals surface area contributed by atoms with E-state index in [9.17, 15) is 4.39 Å². The van der Waals surface area contributed by atoms with Crippen molar-refractivity contribution in [3.63, 3.8) is 0 Å². The van der Waals surface area contributed by atoms with Gasteiger partial charge in [0.15, 0.2) is 11.6 Å². The minimum Gasteiger partial charge on any atom is -0.490 e. The second kappa shape index (κ2) is 5.31. The molecule has 94 valence electrons. The molecule has 0 spiro atoms. The van der Waals surface area contributed by atoms with Crippen molar-refractivity contribution in [1.29, 1.82) is 0 Å². The predicted molar refractivity (Wildman–Crippen MR) is 66.7 cm³/mol. The number of nitrogens with two attached hydrogens (primary N) is 1. The Morgan fingerprint density at radius 3 is 2.67 bits per heavy atom. The number of nitrogens with one attached hydrogen (secondary N) is 1. The van der Waals surface area contributed by atoms with E-state index < -0.39 is 0 Å². The summed E-state index contributed by atoms with van der Waals surface area (Å²) >= 11 is 0. The largest absolute Gasteiger partial charge is 0.490 e. The Labute approximate surface area is 104 Å². The third-order valence-corrected chi connectivity index (χ3v) is 2.41. The van der Waals surface area contributed by atoms with Crippen LogP contribution in [0, 0.1) is 5.82 Å². The fourth-order valence-electron chi connectivity index (χ4n) is 1.50. The molecular weight excluding hydrogens is 235 g/mol. The smallest absolute Gasteiger partial charge is 0.203 e. The van der Waals surface area contributed by atoms with Gasteiger partial charge in [0.25, 0.3) is 0 Å². The Kier molecular flexibility index (Phi) is 3.57. The first-order valence-electron chi connectivity index (χ1n) is 5.33. The Morgan fingerprint density at radius 1 is 1.28 bits per heavy atom. The van der Waals surface area contributed by atoms with Gasteiger partial charge in [-0.1, -0.05) is 12.1 Å². The number of hydrogen-bond acceptors (Lipinski definition) is 5. The Balaban J connectivity index is 2.10. The minimum atomic E-state index is -0.261. The number of hydrogen-bond donors (Lipinski definition) is 2. The molecule has 2 rings (SSSR count). The summed E-state index contributed by atoms with van der Waals surface area (Å²) in [7, 11) is 1.50. The second-order valence-electron chi connectivity index (χ2n) is 3.62. The van der Waals surface area contributed by atoms with Crippen molar-refractivity contribution in [3.05, 3.63) is 42.0 Å². The summed E-state index contributed by atoms with van der Waals surface area (Å²) in [4.78, 5) is 7.87. The van der Waals surface area contributed by atoms with Crippen molar-refractivity contribution in [2.75, 3.05) is 18.2 Å². The highest BCUT2D eigenvalue weighted by Gasteiger charge is 2.08. The number of halogens is 1. The zero-order valence-electron chi connectivity index (χ0n) is 9.85. The lowest BCUT2D eigenvalue weighted by Crippen LogP contribution is -2.06. The quantitative estimate of drug-likeness (QED) is 0.863. The van der Waals surface area contributed by atoms with Crippen LogP contribution in [0.2, 0.25) is 0 Å². The molecule has 0 saturated carbocycles. The van der Waals surface area contributed by atoms with Gasteiger partial charge in [0.2, 0.25) is 5.75 Å². The summed E-state index contributed by atoms with van der Waals surface area (Å²) in [6, 6.07) is 6.20. The lowest BCUT2D eigenvalue weighted by molar-refractivity contribution is 0.415. The highest BCUT2D eigenvalue weighted by Crippen LogP contribution is 2.26. The van der Waals surface area contributed by atoms with Crippen LogP contribution >= 0.6 is 0 Å². The van der Waals surface area contributed by atoms with Crippen LogP contribution in [0.4, 0.5) is 16.0 Å². The van der Waals surface area contributed by atoms with E-state index in [4.69, 9.17) is 10.5 Å². The number of nitrogen functional groups attached to an aromatic ring is 1. The van der Waals surface area contributed by atoms with Crippen LogP contribution < -0.4 is 15.8 Å². The van der Waals surface area contributed by atoms with E-state index >= 15 is 0 Å². The average molecular weight is 248 g/mol. The molecule has 0 aliphatic rings. The number of aromatic nitrogens is 2. The van der Waals surface area contributed by atoms with Crippen molar-refractivity contribution in [2.45, 2.75) is 6.54 Å². The average Bonchev–Trinajstić information content (AvgIpc) is 2.38. The van der Waals surface area contributed by atoms with Gasteiger partial charge < -0.3 is 15.8 Å². The molecule has 1 aromatic heterocycles. The molecule has 0 fully saturated rings. The number of nitrogens with zero attached hydrogens (tertiary/aromatic N) is 2. The van der Waals surface area contributed by atoms with Gasteiger partial charge in [0, 0.05) is 6.54 Å². The van der Waals surface area contributed by atoms with Crippen LogP contribution in [0.15, 0.2) is 30.6 Å². The van der Waals surface area contributed by atoms with Gasteiger partial charge in [-0.3, -0.25) is 0 Å². The van der Waals surface area contributed by atoms with Crippen molar-refractivity contribution < 1.29 is 9.13 Å². The lowest BCUT2D eigenvalue weighted by Gasteiger charge is -2.10. The van der Waals surface area contributed by atoms with E-state index in [1.807, 2.05) is 0 Å². The van der Waals surface area contributed by atoms with Gasteiger partial charge in [-0.15, -0.1) is 0 Å². The van der Waals surface area contributed by atoms with Crippen LogP contribution in [0.5, 0.6) is 5.75 Å². The molecule has 1 aromatic carbocycles. The standard InChI is InChI=1S/C12H13FN4O/c1-18-10-11(14)16-7-17-12(10)15-6-8-2-4-9(13)5-3-8/h2-5,7H,6H2,1H3,(H3,14,15,16,17). The Hall–Kier alpha value is -2.37. The van der Waals surface area contributed by atoms with Gasteiger partial charge in [0.05, 0.1) is 7.11 Å². The minimum absolute atomic E-state index is 0.261. The topological polar surface area (TPSA) is 73.1 Å². The molecule has 5 nitrogen and oxygen atoms in total. The highest BCUT2D eigenvalue weighted by atomic mass is 19.1. The highest BCUT2D eigenvalue weighted by molar-refractivity contribution is 5.61. The third kappa shape index (κ3) is 2.65. The molecule has 2 aromatic rings. The number of rotatable bonds is 4. The molecule has 0 aliphatic heterocycles. The molecule has 0 atom stereocenters. The van der Waals surface area contributed by atoms with Crippen LogP contribution in [-0.2, 0) is 6.54 Å².